The number of nitrogens with one attached hydrogen (secondary N) is 2. The zero-order chi connectivity index (χ0) is 19.7. The molecule has 1 saturated heterocycles. The Morgan fingerprint density at radius 3 is 2.96 bits per heavy atom. The summed E-state index contributed by atoms with van der Waals surface area (Å²) in [5.74, 6) is -0.749. The molecular weight excluding hydrogens is 360 g/mol. The van der Waals surface area contributed by atoms with E-state index < -0.39 is 36.6 Å². The van der Waals surface area contributed by atoms with Crippen LogP contribution in [0.3, 0.4) is 0 Å². The average molecular weight is 378 g/mol. The van der Waals surface area contributed by atoms with Crippen molar-refractivity contribution in [2.24, 2.45) is 11.0 Å². The Morgan fingerprint density at radius 1 is 1.59 bits per heavy atom. The molecular formula is C14H18N8O5. The van der Waals surface area contributed by atoms with E-state index in [-0.39, 0.29) is 28.9 Å². The predicted octanol–water partition coefficient (Wildman–Crippen LogP) is -0.356. The smallest absolute Gasteiger partial charge is 0.280 e. The molecule has 13 nitrogen and oxygen atoms in total. The summed E-state index contributed by atoms with van der Waals surface area (Å²) in [6.45, 7) is 2.89. The summed E-state index contributed by atoms with van der Waals surface area (Å²) in [4.78, 5) is 37.3. The first-order chi connectivity index (χ1) is 12.9. The Balaban J connectivity index is 2.02. The van der Waals surface area contributed by atoms with Crippen LogP contribution in [0.2, 0.25) is 0 Å². The summed E-state index contributed by atoms with van der Waals surface area (Å²) >= 11 is 0. The van der Waals surface area contributed by atoms with Gasteiger partial charge >= 0.3 is 0 Å². The molecule has 0 saturated carbocycles. The minimum absolute atomic E-state index is 0.0267. The minimum Gasteiger partial charge on any atom is -0.394 e. The Labute approximate surface area is 151 Å². The van der Waals surface area contributed by atoms with Crippen LogP contribution in [-0.4, -0.2) is 60.5 Å². The van der Waals surface area contributed by atoms with E-state index in [1.165, 1.54) is 10.9 Å². The molecule has 0 aromatic carbocycles. The van der Waals surface area contributed by atoms with Gasteiger partial charge in [0.25, 0.3) is 5.56 Å². The van der Waals surface area contributed by atoms with Gasteiger partial charge in [-0.15, -0.1) is 0 Å². The summed E-state index contributed by atoms with van der Waals surface area (Å²) in [6, 6.07) is -1.02. The second-order valence-corrected chi connectivity index (χ2v) is 6.32. The van der Waals surface area contributed by atoms with E-state index in [9.17, 15) is 19.8 Å². The number of hydrogen-bond acceptors (Lipinski definition) is 8. The highest BCUT2D eigenvalue weighted by atomic mass is 16.5. The molecule has 3 rings (SSSR count). The van der Waals surface area contributed by atoms with Crippen LogP contribution < -0.4 is 10.9 Å². The van der Waals surface area contributed by atoms with Crippen LogP contribution >= 0.6 is 0 Å². The number of H-pyrrole nitrogens is 1. The van der Waals surface area contributed by atoms with Gasteiger partial charge in [0.15, 0.2) is 17.4 Å². The van der Waals surface area contributed by atoms with Gasteiger partial charge in [0.05, 0.1) is 25.1 Å². The fourth-order valence-corrected chi connectivity index (χ4v) is 2.74. The fourth-order valence-electron chi connectivity index (χ4n) is 2.74. The molecule has 0 bridgehead atoms. The quantitative estimate of drug-likeness (QED) is 0.310. The Bertz CT molecular complexity index is 962. The second-order valence-electron chi connectivity index (χ2n) is 6.32. The van der Waals surface area contributed by atoms with E-state index in [2.05, 4.69) is 30.3 Å². The third kappa shape index (κ3) is 3.36. The number of carbonyl (C=O) groups is 1. The number of carbonyl (C=O) groups excluding carboxylic acids is 1. The number of imidazole rings is 1. The summed E-state index contributed by atoms with van der Waals surface area (Å²) in [5.41, 5.74) is 8.08. The summed E-state index contributed by atoms with van der Waals surface area (Å²) < 4.78 is 6.85. The highest BCUT2D eigenvalue weighted by Crippen LogP contribution is 2.32. The molecule has 0 radical (unpaired) electrons. The van der Waals surface area contributed by atoms with Crippen molar-refractivity contribution >= 4 is 23.0 Å². The lowest BCUT2D eigenvalue weighted by atomic mass is 10.1. The molecule has 2 aromatic rings. The van der Waals surface area contributed by atoms with Crippen LogP contribution in [0, 0.1) is 5.92 Å². The number of aromatic nitrogens is 4. The minimum atomic E-state index is -1.30. The van der Waals surface area contributed by atoms with Gasteiger partial charge in [-0.05, 0) is 5.53 Å². The fraction of sp³-hybridized carbons (Fsp3) is 0.571. The van der Waals surface area contributed by atoms with Gasteiger partial charge in [-0.2, -0.15) is 4.98 Å². The lowest BCUT2D eigenvalue weighted by Crippen LogP contribution is -2.31. The van der Waals surface area contributed by atoms with Gasteiger partial charge in [-0.3, -0.25) is 24.5 Å². The summed E-state index contributed by atoms with van der Waals surface area (Å²) in [6.07, 6.45) is -2.09. The number of nitrogens with zero attached hydrogens (tertiary/aromatic N) is 6. The molecule has 27 heavy (non-hydrogen) atoms. The van der Waals surface area contributed by atoms with Crippen molar-refractivity contribution in [3.63, 3.8) is 0 Å². The largest absolute Gasteiger partial charge is 0.394 e. The predicted molar refractivity (Wildman–Crippen MR) is 91.6 cm³/mol. The van der Waals surface area contributed by atoms with Crippen molar-refractivity contribution in [2.45, 2.75) is 38.3 Å². The molecule has 4 N–H and O–H groups in total. The maximum Gasteiger partial charge on any atom is 0.280 e. The van der Waals surface area contributed by atoms with E-state index in [0.717, 1.165) is 0 Å². The number of hydrogen-bond donors (Lipinski definition) is 4. The second kappa shape index (κ2) is 7.32. The third-order valence-corrected chi connectivity index (χ3v) is 4.17. The van der Waals surface area contributed by atoms with Crippen molar-refractivity contribution in [1.29, 1.82) is 0 Å². The molecule has 1 unspecified atom stereocenters. The zero-order valence-corrected chi connectivity index (χ0v) is 14.5. The number of ether oxygens (including phenoxy) is 1. The van der Waals surface area contributed by atoms with Gasteiger partial charge in [-0.25, -0.2) is 4.98 Å². The van der Waals surface area contributed by atoms with Crippen LogP contribution in [0.5, 0.6) is 0 Å². The summed E-state index contributed by atoms with van der Waals surface area (Å²) in [7, 11) is 0. The maximum atomic E-state index is 12.2. The van der Waals surface area contributed by atoms with Crippen molar-refractivity contribution < 1.29 is 19.7 Å². The molecule has 0 aliphatic carbocycles. The van der Waals surface area contributed by atoms with Crippen LogP contribution in [-0.2, 0) is 9.53 Å². The van der Waals surface area contributed by atoms with Crippen molar-refractivity contribution in [3.05, 3.63) is 27.1 Å². The van der Waals surface area contributed by atoms with Crippen LogP contribution in [0.15, 0.2) is 16.2 Å². The van der Waals surface area contributed by atoms with E-state index in [0.29, 0.717) is 0 Å². The molecule has 4 atom stereocenters. The van der Waals surface area contributed by atoms with Gasteiger partial charge in [-0.1, -0.05) is 19.0 Å². The molecule has 1 aliphatic heterocycles. The number of aromatic amines is 1. The number of rotatable bonds is 5. The van der Waals surface area contributed by atoms with Crippen molar-refractivity contribution in [2.75, 3.05) is 11.9 Å². The van der Waals surface area contributed by atoms with Gasteiger partial charge in [0.1, 0.15) is 6.10 Å². The number of fused-ring (bicyclic) bond motifs is 1. The number of aliphatic hydroxyl groups is 2. The molecule has 13 heteroatoms. The third-order valence-electron chi connectivity index (χ3n) is 4.17. The van der Waals surface area contributed by atoms with E-state index in [1.54, 1.807) is 13.8 Å². The standard InChI is InChI=1S/C14H18N8O5/c1-5(2)11(25)18-14-17-10-8(12(26)19-14)16-4-22(10)13-9(24)7(20-21-15)6(3-23)27-13/h4-7,9,13,23-24H,3H2,1-2H3,(H2,17,18,19,25,26)/t6-,7?,9-,13-/m1/s1. The van der Waals surface area contributed by atoms with E-state index >= 15 is 0 Å². The number of azide groups is 1. The molecule has 3 heterocycles. The SMILES string of the molecule is CC(C)C(=O)Nc1nc2c(ncn2[C@@H]2O[C@H](CO)C(N=[N+]=[N-])[C@H]2O)c(=O)[nH]1. The molecule has 1 amide bonds. The average Bonchev–Trinajstić information content (AvgIpc) is 3.17. The van der Waals surface area contributed by atoms with Gasteiger partial charge < -0.3 is 14.9 Å². The Morgan fingerprint density at radius 2 is 2.33 bits per heavy atom. The topological polar surface area (TPSA) is 191 Å². The van der Waals surface area contributed by atoms with Crippen LogP contribution in [0.25, 0.3) is 21.6 Å². The van der Waals surface area contributed by atoms with Crippen LogP contribution in [0.4, 0.5) is 5.95 Å². The summed E-state index contributed by atoms with van der Waals surface area (Å²) in [5, 5.41) is 25.8. The first-order valence-corrected chi connectivity index (χ1v) is 8.13. The zero-order valence-electron chi connectivity index (χ0n) is 14.5. The molecule has 1 fully saturated rings. The Hall–Kier alpha value is -2.99. The molecule has 1 aliphatic rings. The van der Waals surface area contributed by atoms with Crippen molar-refractivity contribution in [1.82, 2.24) is 19.5 Å². The Kier molecular flexibility index (Phi) is 5.10. The van der Waals surface area contributed by atoms with Gasteiger partial charge in [0, 0.05) is 10.8 Å². The number of amides is 1. The maximum absolute atomic E-state index is 12.2. The van der Waals surface area contributed by atoms with Gasteiger partial charge in [0.2, 0.25) is 11.9 Å². The van der Waals surface area contributed by atoms with E-state index in [1.807, 2.05) is 0 Å². The molecule has 144 valence electrons. The monoisotopic (exact) mass is 378 g/mol. The first kappa shape index (κ1) is 18.8. The lowest BCUT2D eigenvalue weighted by Gasteiger charge is -2.17. The normalized spacial score (nSPS) is 24.9. The number of anilines is 1. The highest BCUT2D eigenvalue weighted by molar-refractivity contribution is 5.91. The van der Waals surface area contributed by atoms with Crippen molar-refractivity contribution in [3.8, 4) is 0 Å². The number of aliphatic hydroxyl groups excluding tert-OH is 2. The highest BCUT2D eigenvalue weighted by Gasteiger charge is 2.44. The molecule has 0 spiro atoms. The molecule has 2 aromatic heterocycles. The van der Waals surface area contributed by atoms with Crippen LogP contribution in [0.1, 0.15) is 20.1 Å². The lowest BCUT2D eigenvalue weighted by molar-refractivity contribution is -0.118. The first-order valence-electron chi connectivity index (χ1n) is 8.13. The van der Waals surface area contributed by atoms with E-state index in [4.69, 9.17) is 10.3 Å².